The van der Waals surface area contributed by atoms with Crippen molar-refractivity contribution in [1.29, 1.82) is 0 Å². The van der Waals surface area contributed by atoms with Crippen LogP contribution in [-0.2, 0) is 16.0 Å². The fourth-order valence-corrected chi connectivity index (χ4v) is 1.70. The molecule has 0 heterocycles. The van der Waals surface area contributed by atoms with Gasteiger partial charge in [0.05, 0.1) is 19.3 Å². The number of hydrogen-bond donors (Lipinski definition) is 2. The molecule has 1 rings (SSSR count). The van der Waals surface area contributed by atoms with Crippen LogP contribution in [0.2, 0.25) is 0 Å². The summed E-state index contributed by atoms with van der Waals surface area (Å²) in [5.41, 5.74) is 6.43. The van der Waals surface area contributed by atoms with Crippen molar-refractivity contribution in [3.8, 4) is 5.75 Å². The number of nitrogens with two attached hydrogens (primary N) is 1. The second kappa shape index (κ2) is 8.50. The Labute approximate surface area is 114 Å². The summed E-state index contributed by atoms with van der Waals surface area (Å²) in [5, 5.41) is 2.85. The zero-order valence-electron chi connectivity index (χ0n) is 11.5. The van der Waals surface area contributed by atoms with E-state index in [2.05, 4.69) is 5.32 Å². The first-order valence-corrected chi connectivity index (χ1v) is 6.34. The van der Waals surface area contributed by atoms with E-state index in [1.807, 2.05) is 24.3 Å². The summed E-state index contributed by atoms with van der Waals surface area (Å²) < 4.78 is 10.6. The van der Waals surface area contributed by atoms with Crippen LogP contribution in [0, 0.1) is 0 Å². The van der Waals surface area contributed by atoms with Gasteiger partial charge in [0.1, 0.15) is 5.75 Å². The summed E-state index contributed by atoms with van der Waals surface area (Å²) in [6.45, 7) is 1.16. The second-order valence-corrected chi connectivity index (χ2v) is 4.27. The van der Waals surface area contributed by atoms with Crippen molar-refractivity contribution >= 4 is 5.91 Å². The molecule has 0 aromatic heterocycles. The van der Waals surface area contributed by atoms with Crippen molar-refractivity contribution in [2.45, 2.75) is 18.9 Å². The molecule has 3 N–H and O–H groups in total. The van der Waals surface area contributed by atoms with E-state index in [1.54, 1.807) is 14.2 Å². The van der Waals surface area contributed by atoms with Gasteiger partial charge in [-0.1, -0.05) is 12.1 Å². The highest BCUT2D eigenvalue weighted by Gasteiger charge is 2.11. The van der Waals surface area contributed by atoms with Crippen LogP contribution >= 0.6 is 0 Å². The average Bonchev–Trinajstić information content (AvgIpc) is 2.42. The largest absolute Gasteiger partial charge is 0.494 e. The Bertz CT molecular complexity index is 379. The Morgan fingerprint density at radius 1 is 1.32 bits per heavy atom. The summed E-state index contributed by atoms with van der Waals surface area (Å²) in [6, 6.07) is 7.52. The van der Waals surface area contributed by atoms with E-state index in [4.69, 9.17) is 15.2 Å². The van der Waals surface area contributed by atoms with Crippen LogP contribution in [0.1, 0.15) is 12.0 Å². The lowest BCUT2D eigenvalue weighted by Crippen LogP contribution is -2.40. The van der Waals surface area contributed by atoms with E-state index >= 15 is 0 Å². The third-order valence-electron chi connectivity index (χ3n) is 2.89. The molecule has 0 aliphatic carbocycles. The van der Waals surface area contributed by atoms with Gasteiger partial charge in [0.2, 0.25) is 5.91 Å². The number of amides is 1. The predicted molar refractivity (Wildman–Crippen MR) is 74.2 cm³/mol. The van der Waals surface area contributed by atoms with E-state index in [-0.39, 0.29) is 11.9 Å². The number of methoxy groups -OCH3 is 1. The van der Waals surface area contributed by atoms with Crippen LogP contribution in [0.5, 0.6) is 5.75 Å². The molecule has 106 valence electrons. The highest BCUT2D eigenvalue weighted by atomic mass is 16.5. The molecule has 0 bridgehead atoms. The minimum atomic E-state index is -0.360. The highest BCUT2D eigenvalue weighted by Crippen LogP contribution is 2.13. The lowest BCUT2D eigenvalue weighted by Gasteiger charge is -2.13. The third-order valence-corrected chi connectivity index (χ3v) is 2.89. The molecule has 0 spiro atoms. The van der Waals surface area contributed by atoms with E-state index in [9.17, 15) is 4.79 Å². The van der Waals surface area contributed by atoms with Crippen LogP contribution in [0.3, 0.4) is 0 Å². The molecule has 0 fully saturated rings. The number of rotatable bonds is 9. The van der Waals surface area contributed by atoms with Crippen molar-refractivity contribution in [3.05, 3.63) is 29.8 Å². The van der Waals surface area contributed by atoms with Gasteiger partial charge in [-0.15, -0.1) is 0 Å². The predicted octanol–water partition coefficient (Wildman–Crippen LogP) is 0.718. The van der Waals surface area contributed by atoms with Gasteiger partial charge in [0.15, 0.2) is 0 Å². The van der Waals surface area contributed by atoms with E-state index < -0.39 is 0 Å². The van der Waals surface area contributed by atoms with Crippen LogP contribution in [0.25, 0.3) is 0 Å². The van der Waals surface area contributed by atoms with Gasteiger partial charge in [0.25, 0.3) is 0 Å². The zero-order chi connectivity index (χ0) is 14.1. The molecule has 1 unspecified atom stereocenters. The molecule has 19 heavy (non-hydrogen) atoms. The van der Waals surface area contributed by atoms with E-state index in [0.29, 0.717) is 19.6 Å². The normalized spacial score (nSPS) is 12.1. The molecule has 1 amide bonds. The van der Waals surface area contributed by atoms with Crippen molar-refractivity contribution in [2.75, 3.05) is 27.4 Å². The maximum absolute atomic E-state index is 11.0. The summed E-state index contributed by atoms with van der Waals surface area (Å²) in [5.74, 6) is 0.432. The number of primary amides is 1. The Morgan fingerprint density at radius 3 is 2.53 bits per heavy atom. The smallest absolute Gasteiger partial charge is 0.234 e. The standard InChI is InChI=1S/C14H22N2O3/c1-16-13(14(15)17)8-10-19-12-5-3-11(4-6-12)7-9-18-2/h3-6,13,16H,7-10H2,1-2H3,(H2,15,17). The Kier molecular flexibility index (Phi) is 6.92. The molecule has 0 radical (unpaired) electrons. The van der Waals surface area contributed by atoms with E-state index in [0.717, 1.165) is 12.2 Å². The SMILES string of the molecule is CNC(CCOc1ccc(CCOC)cc1)C(N)=O. The van der Waals surface area contributed by atoms with Gasteiger partial charge >= 0.3 is 0 Å². The molecule has 5 heteroatoms. The van der Waals surface area contributed by atoms with Gasteiger partial charge in [-0.25, -0.2) is 0 Å². The number of likely N-dealkylation sites (N-methyl/N-ethyl adjacent to an activating group) is 1. The van der Waals surface area contributed by atoms with Gasteiger partial charge in [0, 0.05) is 13.5 Å². The quantitative estimate of drug-likeness (QED) is 0.690. The molecule has 0 aliphatic rings. The van der Waals surface area contributed by atoms with Gasteiger partial charge in [-0.2, -0.15) is 0 Å². The second-order valence-electron chi connectivity index (χ2n) is 4.27. The van der Waals surface area contributed by atoms with Crippen LogP contribution < -0.4 is 15.8 Å². The molecular formula is C14H22N2O3. The number of ether oxygens (including phenoxy) is 2. The highest BCUT2D eigenvalue weighted by molar-refractivity contribution is 5.79. The average molecular weight is 266 g/mol. The molecule has 0 aliphatic heterocycles. The fourth-order valence-electron chi connectivity index (χ4n) is 1.70. The molecule has 0 saturated heterocycles. The van der Waals surface area contributed by atoms with Crippen molar-refractivity contribution in [3.63, 3.8) is 0 Å². The monoisotopic (exact) mass is 266 g/mol. The van der Waals surface area contributed by atoms with Crippen molar-refractivity contribution in [1.82, 2.24) is 5.32 Å². The number of hydrogen-bond acceptors (Lipinski definition) is 4. The van der Waals surface area contributed by atoms with Crippen LogP contribution in [0.4, 0.5) is 0 Å². The molecule has 5 nitrogen and oxygen atoms in total. The number of nitrogens with one attached hydrogen (secondary N) is 1. The maximum Gasteiger partial charge on any atom is 0.234 e. The number of carbonyl (C=O) groups is 1. The molecule has 0 saturated carbocycles. The Balaban J connectivity index is 2.35. The first kappa shape index (κ1) is 15.5. The van der Waals surface area contributed by atoms with E-state index in [1.165, 1.54) is 5.56 Å². The molecular weight excluding hydrogens is 244 g/mol. The topological polar surface area (TPSA) is 73.6 Å². The zero-order valence-corrected chi connectivity index (χ0v) is 11.5. The van der Waals surface area contributed by atoms with Crippen molar-refractivity contribution < 1.29 is 14.3 Å². The van der Waals surface area contributed by atoms with Crippen LogP contribution in [-0.4, -0.2) is 39.3 Å². The Hall–Kier alpha value is -1.59. The summed E-state index contributed by atoms with van der Waals surface area (Å²) in [7, 11) is 3.40. The molecule has 1 aromatic rings. The van der Waals surface area contributed by atoms with Gasteiger partial charge < -0.3 is 20.5 Å². The lowest BCUT2D eigenvalue weighted by atomic mass is 10.1. The van der Waals surface area contributed by atoms with Crippen molar-refractivity contribution in [2.24, 2.45) is 5.73 Å². The summed E-state index contributed by atoms with van der Waals surface area (Å²) in [6.07, 6.45) is 1.44. The Morgan fingerprint density at radius 2 is 2.00 bits per heavy atom. The van der Waals surface area contributed by atoms with Gasteiger partial charge in [-0.3, -0.25) is 4.79 Å². The maximum atomic E-state index is 11.0. The first-order chi connectivity index (χ1) is 9.17. The first-order valence-electron chi connectivity index (χ1n) is 6.34. The number of carbonyl (C=O) groups excluding carboxylic acids is 1. The van der Waals surface area contributed by atoms with Gasteiger partial charge in [-0.05, 0) is 31.2 Å². The molecule has 1 aromatic carbocycles. The minimum Gasteiger partial charge on any atom is -0.494 e. The third kappa shape index (κ3) is 5.72. The number of benzene rings is 1. The van der Waals surface area contributed by atoms with Crippen LogP contribution in [0.15, 0.2) is 24.3 Å². The fraction of sp³-hybridized carbons (Fsp3) is 0.500. The summed E-state index contributed by atoms with van der Waals surface area (Å²) in [4.78, 5) is 11.0. The lowest BCUT2D eigenvalue weighted by molar-refractivity contribution is -0.120. The molecule has 1 atom stereocenters. The minimum absolute atomic E-state index is 0.346. The summed E-state index contributed by atoms with van der Waals surface area (Å²) >= 11 is 0.